The van der Waals surface area contributed by atoms with Crippen LogP contribution in [0, 0.1) is 0 Å². The number of benzene rings is 1. The number of aromatic hydroxyl groups is 1. The summed E-state index contributed by atoms with van der Waals surface area (Å²) in [5, 5.41) is 69.3. The van der Waals surface area contributed by atoms with E-state index < -0.39 is 90.2 Å². The van der Waals surface area contributed by atoms with Gasteiger partial charge in [0.25, 0.3) is 0 Å². The minimum Gasteiger partial charge on any atom is -0.504 e. The number of carboxylic acids is 3. The van der Waals surface area contributed by atoms with Gasteiger partial charge in [-0.1, -0.05) is 6.07 Å². The van der Waals surface area contributed by atoms with Crippen LogP contribution in [0.1, 0.15) is 36.8 Å². The lowest BCUT2D eigenvalue weighted by molar-refractivity contribution is -0.187. The molecule has 0 unspecified atom stereocenters. The van der Waals surface area contributed by atoms with E-state index in [1.54, 1.807) is 6.07 Å². The van der Waals surface area contributed by atoms with Crippen molar-refractivity contribution in [2.24, 2.45) is 0 Å². The van der Waals surface area contributed by atoms with Crippen LogP contribution in [0.4, 0.5) is 0 Å². The fourth-order valence-corrected chi connectivity index (χ4v) is 6.96. The molecule has 1 saturated heterocycles. The monoisotopic (exact) mass is 665 g/mol. The number of rotatable bonds is 12. The van der Waals surface area contributed by atoms with Crippen molar-refractivity contribution in [1.29, 1.82) is 0 Å². The van der Waals surface area contributed by atoms with Gasteiger partial charge in [0.1, 0.15) is 5.76 Å². The third-order valence-electron chi connectivity index (χ3n) is 9.15. The molecule has 2 bridgehead atoms. The van der Waals surface area contributed by atoms with Crippen molar-refractivity contribution >= 4 is 35.8 Å². The summed E-state index contributed by atoms with van der Waals surface area (Å²) in [6, 6.07) is 2.82. The molecule has 2 aliphatic carbocycles. The summed E-state index contributed by atoms with van der Waals surface area (Å²) in [4.78, 5) is 74.0. The van der Waals surface area contributed by atoms with E-state index in [-0.39, 0.29) is 29.7 Å². The van der Waals surface area contributed by atoms with Gasteiger partial charge in [0.15, 0.2) is 29.8 Å². The van der Waals surface area contributed by atoms with Crippen molar-refractivity contribution in [2.75, 3.05) is 13.6 Å². The summed E-state index contributed by atoms with van der Waals surface area (Å²) >= 11 is 0. The number of aliphatic hydroxyl groups excluding tert-OH is 2. The van der Waals surface area contributed by atoms with Crippen molar-refractivity contribution in [1.82, 2.24) is 4.90 Å². The zero-order valence-corrected chi connectivity index (χ0v) is 24.6. The molecule has 0 radical (unpaired) electrons. The lowest BCUT2D eigenvalue weighted by atomic mass is 9.50. The first kappa shape index (κ1) is 33.6. The van der Waals surface area contributed by atoms with Gasteiger partial charge in [-0.3, -0.25) is 9.59 Å². The summed E-state index contributed by atoms with van der Waals surface area (Å²) in [7, 11) is 1.87. The zero-order chi connectivity index (χ0) is 34.6. The Bertz CT molecular complexity index is 1570. The third-order valence-corrected chi connectivity index (χ3v) is 9.15. The summed E-state index contributed by atoms with van der Waals surface area (Å²) < 4.78 is 21.0. The Kier molecular flexibility index (Phi) is 8.65. The molecule has 0 saturated carbocycles. The molecule has 5 rings (SSSR count). The first-order valence-corrected chi connectivity index (χ1v) is 14.3. The third kappa shape index (κ3) is 5.52. The molecule has 1 fully saturated rings. The Morgan fingerprint density at radius 2 is 1.66 bits per heavy atom. The van der Waals surface area contributed by atoms with Crippen LogP contribution in [0.15, 0.2) is 24.0 Å². The normalized spacial score (nSPS) is 27.9. The zero-order valence-electron chi connectivity index (χ0n) is 24.6. The first-order valence-electron chi connectivity index (χ1n) is 14.3. The van der Waals surface area contributed by atoms with Crippen LogP contribution in [0.25, 0.3) is 0 Å². The highest BCUT2D eigenvalue weighted by molar-refractivity contribution is 5.90. The topological polar surface area (TPSA) is 284 Å². The molecule has 7 N–H and O–H groups in total. The maximum absolute atomic E-state index is 13.3. The number of ether oxygens (including phenoxy) is 4. The Hall–Kier alpha value is -4.78. The number of hydrogen-bond donors (Lipinski definition) is 7. The summed E-state index contributed by atoms with van der Waals surface area (Å²) in [5.74, 6) is -10.9. The summed E-state index contributed by atoms with van der Waals surface area (Å²) in [6.45, 7) is 0.512. The SMILES string of the molecule is CN1CC[C@]23c4c5ccc(O)c4O[C@H]2C(OC(=O)C[C@H](OC(=O)[C@H](O)[C@@H](O)C(=O)O)C(=O)O[C@H](CC(=O)O)C(=O)O)=CC[C@@]3(O)[C@@H]1C5. The average Bonchev–Trinajstić information content (AvgIpc) is 3.36. The van der Waals surface area contributed by atoms with E-state index >= 15 is 0 Å². The molecular formula is C29H31NO17. The van der Waals surface area contributed by atoms with E-state index in [0.717, 1.165) is 5.56 Å². The number of aliphatic hydroxyl groups is 3. The molecule has 18 heteroatoms. The number of nitrogens with zero attached hydrogens (tertiary/aromatic N) is 1. The number of carbonyl (C=O) groups excluding carboxylic acids is 3. The standard InChI is InChI=1S/C29H31NO17/c1-30-7-6-28-19-11-2-3-12(31)22(19)47-23(28)13(4-5-29(28,43)16(30)8-11)44-18(34)10-15(46-27(42)21(36)20(35)25(39)40)26(41)45-14(24(37)38)9-17(32)33/h2-4,14-16,20-21,23,31,35-36,43H,5-10H2,1H3,(H,32,33)(H,37,38)(H,39,40)/t14-,15+,16+,20-,21-,23+,28+,29-/m1/s1. The van der Waals surface area contributed by atoms with Crippen LogP contribution >= 0.6 is 0 Å². The van der Waals surface area contributed by atoms with Gasteiger partial charge in [0.05, 0.1) is 23.9 Å². The maximum atomic E-state index is 13.3. The fraction of sp³-hybridized carbons (Fsp3) is 0.517. The van der Waals surface area contributed by atoms with Crippen molar-refractivity contribution < 1.29 is 83.5 Å². The molecule has 2 aliphatic heterocycles. The molecule has 47 heavy (non-hydrogen) atoms. The summed E-state index contributed by atoms with van der Waals surface area (Å²) in [5.41, 5.74) is -1.18. The predicted molar refractivity (Wildman–Crippen MR) is 147 cm³/mol. The number of phenolic OH excluding ortho intramolecular Hbond substituents is 1. The molecule has 2 heterocycles. The second-order valence-corrected chi connectivity index (χ2v) is 11.8. The molecule has 0 aromatic heterocycles. The van der Waals surface area contributed by atoms with E-state index in [1.807, 2.05) is 11.9 Å². The molecule has 8 atom stereocenters. The van der Waals surface area contributed by atoms with E-state index in [9.17, 15) is 54.3 Å². The number of likely N-dealkylation sites (N-methyl/N-ethyl adjacent to an activating group) is 1. The van der Waals surface area contributed by atoms with E-state index in [1.165, 1.54) is 12.1 Å². The smallest absolute Gasteiger partial charge is 0.348 e. The van der Waals surface area contributed by atoms with Crippen LogP contribution in [0.2, 0.25) is 0 Å². The van der Waals surface area contributed by atoms with Crippen molar-refractivity contribution in [2.45, 2.75) is 79.7 Å². The molecule has 18 nitrogen and oxygen atoms in total. The van der Waals surface area contributed by atoms with Gasteiger partial charge in [0, 0.05) is 18.0 Å². The first-order chi connectivity index (χ1) is 22.0. The maximum Gasteiger partial charge on any atom is 0.348 e. The van der Waals surface area contributed by atoms with Crippen molar-refractivity contribution in [3.05, 3.63) is 35.1 Å². The van der Waals surface area contributed by atoms with Crippen LogP contribution in [-0.4, -0.2) is 132 Å². The number of hydrogen-bond acceptors (Lipinski definition) is 15. The largest absolute Gasteiger partial charge is 0.504 e. The number of esters is 3. The Morgan fingerprint density at radius 1 is 0.979 bits per heavy atom. The molecule has 0 amide bonds. The highest BCUT2D eigenvalue weighted by atomic mass is 16.6. The quantitative estimate of drug-likeness (QED) is 0.0920. The second kappa shape index (κ2) is 12.1. The van der Waals surface area contributed by atoms with Crippen LogP contribution in [0.3, 0.4) is 0 Å². The molecule has 1 spiro atoms. The molecule has 1 aromatic rings. The number of carboxylic acid groups (broad SMARTS) is 3. The van der Waals surface area contributed by atoms with E-state index in [4.69, 9.17) is 24.4 Å². The number of phenols is 1. The van der Waals surface area contributed by atoms with Crippen LogP contribution in [-0.2, 0) is 54.8 Å². The van der Waals surface area contributed by atoms with Crippen molar-refractivity contribution in [3.63, 3.8) is 0 Å². The second-order valence-electron chi connectivity index (χ2n) is 11.8. The number of aliphatic carboxylic acids is 3. The van der Waals surface area contributed by atoms with Gasteiger partial charge in [-0.25, -0.2) is 19.2 Å². The lowest BCUT2D eigenvalue weighted by Gasteiger charge is -2.61. The minimum absolute atomic E-state index is 0.0196. The van der Waals surface area contributed by atoms with Crippen LogP contribution in [0.5, 0.6) is 11.5 Å². The van der Waals surface area contributed by atoms with E-state index in [0.29, 0.717) is 24.9 Å². The van der Waals surface area contributed by atoms with Gasteiger partial charge in [-0.15, -0.1) is 0 Å². The van der Waals surface area contributed by atoms with Gasteiger partial charge in [-0.05, 0) is 44.1 Å². The minimum atomic E-state index is -2.76. The number of piperidine rings is 1. The molecule has 254 valence electrons. The Labute approximate surface area is 264 Å². The molecular weight excluding hydrogens is 634 g/mol. The average molecular weight is 666 g/mol. The lowest BCUT2D eigenvalue weighted by Crippen LogP contribution is -2.74. The van der Waals surface area contributed by atoms with Gasteiger partial charge < -0.3 is 59.6 Å². The van der Waals surface area contributed by atoms with Crippen molar-refractivity contribution in [3.8, 4) is 11.5 Å². The van der Waals surface area contributed by atoms with Gasteiger partial charge in [-0.2, -0.15) is 0 Å². The fourth-order valence-electron chi connectivity index (χ4n) is 6.96. The number of likely N-dealkylation sites (tertiary alicyclic amines) is 1. The van der Waals surface area contributed by atoms with Gasteiger partial charge >= 0.3 is 35.8 Å². The Morgan fingerprint density at radius 3 is 2.30 bits per heavy atom. The van der Waals surface area contributed by atoms with E-state index in [2.05, 4.69) is 4.74 Å². The highest BCUT2D eigenvalue weighted by Crippen LogP contribution is 2.65. The summed E-state index contributed by atoms with van der Waals surface area (Å²) in [6.07, 6.45) is -11.6. The molecule has 4 aliphatic rings. The van der Waals surface area contributed by atoms with Gasteiger partial charge in [0.2, 0.25) is 12.2 Å². The Balaban J connectivity index is 1.41. The van der Waals surface area contributed by atoms with Crippen LogP contribution < -0.4 is 4.74 Å². The number of carbonyl (C=O) groups is 6. The highest BCUT2D eigenvalue weighted by Gasteiger charge is 2.72. The predicted octanol–water partition coefficient (Wildman–Crippen LogP) is -2.21. The molecule has 1 aromatic carbocycles.